The van der Waals surface area contributed by atoms with Crippen LogP contribution in [0.1, 0.15) is 29.6 Å². The van der Waals surface area contributed by atoms with Crippen molar-refractivity contribution in [1.82, 2.24) is 0 Å². The van der Waals surface area contributed by atoms with E-state index in [1.165, 1.54) is 6.07 Å². The molecule has 1 fully saturated rings. The molecule has 1 aliphatic rings. The summed E-state index contributed by atoms with van der Waals surface area (Å²) in [7, 11) is 0. The fraction of sp³-hybridized carbons (Fsp3) is 0.385. The Balaban J connectivity index is 2.14. The van der Waals surface area contributed by atoms with Crippen LogP contribution in [0.5, 0.6) is 5.75 Å². The van der Waals surface area contributed by atoms with Crippen LogP contribution in [0.3, 0.4) is 0 Å². The molecule has 2 rings (SSSR count). The van der Waals surface area contributed by atoms with Crippen LogP contribution in [-0.4, -0.2) is 17.7 Å². The molecule has 1 N–H and O–H groups in total. The summed E-state index contributed by atoms with van der Waals surface area (Å²) in [6.45, 7) is 0.392. The molecule has 0 bridgehead atoms. The predicted molar refractivity (Wildman–Crippen MR) is 68.5 cm³/mol. The lowest BCUT2D eigenvalue weighted by Crippen LogP contribution is -2.14. The Labute approximate surface area is 113 Å². The lowest BCUT2D eigenvalue weighted by Gasteiger charge is -2.15. The number of carboxylic acids is 1. The van der Waals surface area contributed by atoms with Crippen molar-refractivity contribution in [2.24, 2.45) is 5.41 Å². The van der Waals surface area contributed by atoms with E-state index in [9.17, 15) is 4.79 Å². The van der Waals surface area contributed by atoms with E-state index in [2.05, 4.69) is 22.0 Å². The Morgan fingerprint density at radius 1 is 1.56 bits per heavy atom. The molecule has 1 aliphatic carbocycles. The van der Waals surface area contributed by atoms with Gasteiger partial charge in [-0.15, -0.1) is 0 Å². The van der Waals surface area contributed by atoms with Crippen molar-refractivity contribution >= 4 is 21.9 Å². The number of hydrogen-bond donors (Lipinski definition) is 1. The SMILES string of the molecule is N#CCC1(COc2c(Br)cccc2C(=O)O)CC1. The van der Waals surface area contributed by atoms with Crippen LogP contribution in [0.4, 0.5) is 0 Å². The van der Waals surface area contributed by atoms with Gasteiger partial charge in [0.05, 0.1) is 17.1 Å². The van der Waals surface area contributed by atoms with E-state index in [0.29, 0.717) is 23.2 Å². The third-order valence-corrected chi connectivity index (χ3v) is 3.76. The molecule has 1 saturated carbocycles. The molecule has 0 amide bonds. The Hall–Kier alpha value is -1.54. The second kappa shape index (κ2) is 4.99. The number of nitriles is 1. The second-order valence-corrected chi connectivity index (χ2v) is 5.40. The zero-order valence-corrected chi connectivity index (χ0v) is 11.2. The van der Waals surface area contributed by atoms with Crippen molar-refractivity contribution in [2.45, 2.75) is 19.3 Å². The largest absolute Gasteiger partial charge is 0.491 e. The van der Waals surface area contributed by atoms with Crippen molar-refractivity contribution in [1.29, 1.82) is 5.26 Å². The van der Waals surface area contributed by atoms with E-state index in [-0.39, 0.29) is 11.0 Å². The van der Waals surface area contributed by atoms with Gasteiger partial charge in [0.25, 0.3) is 0 Å². The molecular weight excluding hydrogens is 298 g/mol. The number of para-hydroxylation sites is 1. The summed E-state index contributed by atoms with van der Waals surface area (Å²) in [5.41, 5.74) is 0.0666. The standard InChI is InChI=1S/C13H12BrNO3/c14-10-3-1-2-9(12(16)17)11(10)18-8-13(4-5-13)6-7-15/h1-3H,4-6,8H2,(H,16,17). The smallest absolute Gasteiger partial charge is 0.339 e. The van der Waals surface area contributed by atoms with E-state index in [1.54, 1.807) is 12.1 Å². The summed E-state index contributed by atoms with van der Waals surface area (Å²) in [6, 6.07) is 7.05. The van der Waals surface area contributed by atoms with Gasteiger partial charge in [-0.1, -0.05) is 6.07 Å². The van der Waals surface area contributed by atoms with E-state index >= 15 is 0 Å². The normalized spacial score (nSPS) is 15.8. The maximum Gasteiger partial charge on any atom is 0.339 e. The van der Waals surface area contributed by atoms with Crippen LogP contribution in [0.25, 0.3) is 0 Å². The lowest BCUT2D eigenvalue weighted by atomic mass is 10.1. The van der Waals surface area contributed by atoms with Crippen LogP contribution in [-0.2, 0) is 0 Å². The Morgan fingerprint density at radius 3 is 2.83 bits per heavy atom. The summed E-state index contributed by atoms with van der Waals surface area (Å²) in [4.78, 5) is 11.1. The summed E-state index contributed by atoms with van der Waals surface area (Å²) in [5.74, 6) is -0.675. The van der Waals surface area contributed by atoms with Crippen LogP contribution in [0, 0.1) is 16.7 Å². The monoisotopic (exact) mass is 309 g/mol. The lowest BCUT2D eigenvalue weighted by molar-refractivity contribution is 0.0690. The van der Waals surface area contributed by atoms with Crippen molar-refractivity contribution < 1.29 is 14.6 Å². The summed E-state index contributed by atoms with van der Waals surface area (Å²) >= 11 is 3.29. The van der Waals surface area contributed by atoms with Gasteiger partial charge in [-0.2, -0.15) is 5.26 Å². The van der Waals surface area contributed by atoms with Crippen molar-refractivity contribution in [3.63, 3.8) is 0 Å². The highest BCUT2D eigenvalue weighted by molar-refractivity contribution is 9.10. The number of rotatable bonds is 5. The van der Waals surface area contributed by atoms with Crippen molar-refractivity contribution in [2.75, 3.05) is 6.61 Å². The number of halogens is 1. The molecule has 0 aromatic heterocycles. The number of benzene rings is 1. The second-order valence-electron chi connectivity index (χ2n) is 4.55. The van der Waals surface area contributed by atoms with Crippen LogP contribution in [0.15, 0.2) is 22.7 Å². The van der Waals surface area contributed by atoms with E-state index in [1.807, 2.05) is 0 Å². The maximum atomic E-state index is 11.1. The number of aromatic carboxylic acids is 1. The third-order valence-electron chi connectivity index (χ3n) is 3.13. The molecule has 0 heterocycles. The number of carbonyl (C=O) groups is 1. The average Bonchev–Trinajstić information content (AvgIpc) is 3.08. The molecule has 94 valence electrons. The zero-order chi connectivity index (χ0) is 13.2. The third kappa shape index (κ3) is 2.65. The summed E-state index contributed by atoms with van der Waals surface area (Å²) in [5, 5.41) is 17.8. The minimum atomic E-state index is -1.02. The fourth-order valence-corrected chi connectivity index (χ4v) is 2.25. The topological polar surface area (TPSA) is 70.3 Å². The molecule has 18 heavy (non-hydrogen) atoms. The Kier molecular flexibility index (Phi) is 3.58. The minimum Gasteiger partial charge on any atom is -0.491 e. The van der Waals surface area contributed by atoms with Crippen molar-refractivity contribution in [3.8, 4) is 11.8 Å². The molecular formula is C13H12BrNO3. The summed E-state index contributed by atoms with van der Waals surface area (Å²) < 4.78 is 6.25. The minimum absolute atomic E-state index is 0.0696. The molecule has 0 radical (unpaired) electrons. The van der Waals surface area contributed by atoms with Gasteiger partial charge in [0.2, 0.25) is 0 Å². The van der Waals surface area contributed by atoms with Gasteiger partial charge in [0.1, 0.15) is 11.3 Å². The average molecular weight is 310 g/mol. The predicted octanol–water partition coefficient (Wildman–Crippen LogP) is 3.22. The number of nitrogens with zero attached hydrogens (tertiary/aromatic N) is 1. The Morgan fingerprint density at radius 2 is 2.28 bits per heavy atom. The number of hydrogen-bond acceptors (Lipinski definition) is 3. The van der Waals surface area contributed by atoms with Gasteiger partial charge >= 0.3 is 5.97 Å². The maximum absolute atomic E-state index is 11.1. The van der Waals surface area contributed by atoms with Gasteiger partial charge in [-0.3, -0.25) is 0 Å². The molecule has 1 aromatic rings. The van der Waals surface area contributed by atoms with E-state index < -0.39 is 5.97 Å². The Bertz CT molecular complexity index is 517. The van der Waals surface area contributed by atoms with Gasteiger partial charge in [0.15, 0.2) is 0 Å². The van der Waals surface area contributed by atoms with E-state index in [0.717, 1.165) is 12.8 Å². The quantitative estimate of drug-likeness (QED) is 0.906. The van der Waals surface area contributed by atoms with Crippen molar-refractivity contribution in [3.05, 3.63) is 28.2 Å². The van der Waals surface area contributed by atoms with Gasteiger partial charge in [0, 0.05) is 11.8 Å². The molecule has 1 aromatic carbocycles. The molecule has 5 heteroatoms. The van der Waals surface area contributed by atoms with Gasteiger partial charge < -0.3 is 9.84 Å². The highest BCUT2D eigenvalue weighted by Gasteiger charge is 2.43. The molecule has 0 unspecified atom stereocenters. The molecule has 0 atom stereocenters. The first-order valence-corrected chi connectivity index (χ1v) is 6.39. The van der Waals surface area contributed by atoms with Crippen LogP contribution >= 0.6 is 15.9 Å². The highest BCUT2D eigenvalue weighted by Crippen LogP contribution is 2.49. The molecule has 0 spiro atoms. The molecule has 0 aliphatic heterocycles. The highest BCUT2D eigenvalue weighted by atomic mass is 79.9. The first-order chi connectivity index (χ1) is 8.58. The van der Waals surface area contributed by atoms with Gasteiger partial charge in [-0.25, -0.2) is 4.79 Å². The first kappa shape index (κ1) is 12.9. The molecule has 0 saturated heterocycles. The van der Waals surface area contributed by atoms with Crippen LogP contribution in [0.2, 0.25) is 0 Å². The fourth-order valence-electron chi connectivity index (χ4n) is 1.77. The van der Waals surface area contributed by atoms with E-state index in [4.69, 9.17) is 15.1 Å². The number of ether oxygens (including phenoxy) is 1. The molecule has 4 nitrogen and oxygen atoms in total. The first-order valence-electron chi connectivity index (χ1n) is 5.59. The summed E-state index contributed by atoms with van der Waals surface area (Å²) in [6.07, 6.45) is 2.39. The zero-order valence-electron chi connectivity index (χ0n) is 9.65. The van der Waals surface area contributed by atoms with Crippen LogP contribution < -0.4 is 4.74 Å². The van der Waals surface area contributed by atoms with Gasteiger partial charge in [-0.05, 0) is 40.9 Å². The number of carboxylic acid groups (broad SMARTS) is 1.